The molecule has 0 spiro atoms. The van der Waals surface area contributed by atoms with E-state index in [1.807, 2.05) is 18.2 Å². The highest BCUT2D eigenvalue weighted by atomic mass is 32.1. The fraction of sp³-hybridized carbons (Fsp3) is 0.250. The lowest BCUT2D eigenvalue weighted by molar-refractivity contribution is 0.795. The van der Waals surface area contributed by atoms with Crippen LogP contribution in [0.5, 0.6) is 0 Å². The van der Waals surface area contributed by atoms with Gasteiger partial charge in [-0.3, -0.25) is 14.2 Å². The summed E-state index contributed by atoms with van der Waals surface area (Å²) in [7, 11) is 3.54. The van der Waals surface area contributed by atoms with Gasteiger partial charge in [0.2, 0.25) is 4.77 Å². The largest absolute Gasteiger partial charge is 0.328 e. The smallest absolute Gasteiger partial charge is 0.318 e. The van der Waals surface area contributed by atoms with Crippen LogP contribution in [-0.2, 0) is 20.6 Å². The van der Waals surface area contributed by atoms with Gasteiger partial charge in [0.15, 0.2) is 0 Å². The van der Waals surface area contributed by atoms with E-state index in [0.29, 0.717) is 11.3 Å². The van der Waals surface area contributed by atoms with Gasteiger partial charge >= 0.3 is 5.69 Å². The first-order chi connectivity index (χ1) is 9.58. The predicted molar refractivity (Wildman–Crippen MR) is 78.6 cm³/mol. The summed E-state index contributed by atoms with van der Waals surface area (Å²) in [6, 6.07) is 5.92. The second-order valence-corrected chi connectivity index (χ2v) is 4.98. The van der Waals surface area contributed by atoms with Crippen LogP contribution in [0.15, 0.2) is 29.3 Å². The number of H-pyrrole nitrogens is 1. The van der Waals surface area contributed by atoms with E-state index in [-0.39, 0.29) is 5.69 Å². The van der Waals surface area contributed by atoms with E-state index >= 15 is 0 Å². The summed E-state index contributed by atoms with van der Waals surface area (Å²) in [5.74, 6) is 0. The van der Waals surface area contributed by atoms with Gasteiger partial charge < -0.3 is 5.43 Å². The van der Waals surface area contributed by atoms with Crippen LogP contribution in [0.3, 0.4) is 0 Å². The summed E-state index contributed by atoms with van der Waals surface area (Å²) in [4.78, 5) is 11.9. The number of imidazole rings is 1. The molecule has 0 atom stereocenters. The first-order valence-corrected chi connectivity index (χ1v) is 6.49. The van der Waals surface area contributed by atoms with Crippen LogP contribution in [0.1, 0.15) is 5.56 Å². The van der Waals surface area contributed by atoms with Gasteiger partial charge in [-0.15, -0.1) is 0 Å². The average Bonchev–Trinajstić information content (AvgIpc) is 2.95. The quantitative estimate of drug-likeness (QED) is 0.702. The second-order valence-electron chi connectivity index (χ2n) is 4.59. The molecule has 3 rings (SSSR count). The van der Waals surface area contributed by atoms with Crippen LogP contribution in [-0.4, -0.2) is 24.0 Å². The lowest BCUT2D eigenvalue weighted by atomic mass is 10.2. The van der Waals surface area contributed by atoms with E-state index in [1.54, 1.807) is 34.2 Å². The molecule has 8 heteroatoms. The Kier molecular flexibility index (Phi) is 2.94. The van der Waals surface area contributed by atoms with Gasteiger partial charge in [0.05, 0.1) is 17.6 Å². The molecule has 0 aliphatic carbocycles. The number of hydrogen-bond acceptors (Lipinski definition) is 4. The van der Waals surface area contributed by atoms with Crippen molar-refractivity contribution in [1.29, 1.82) is 0 Å². The monoisotopic (exact) mass is 290 g/mol. The van der Waals surface area contributed by atoms with Gasteiger partial charge in [-0.05, 0) is 29.9 Å². The Labute approximate surface area is 119 Å². The normalized spacial score (nSPS) is 11.1. The molecule has 3 aromatic rings. The second kappa shape index (κ2) is 4.64. The Morgan fingerprint density at radius 3 is 2.75 bits per heavy atom. The zero-order valence-corrected chi connectivity index (χ0v) is 11.9. The molecule has 2 aromatic heterocycles. The predicted octanol–water partition coefficient (Wildman–Crippen LogP) is 0.875. The molecule has 0 aliphatic heterocycles. The number of aromatic amines is 1. The van der Waals surface area contributed by atoms with Crippen LogP contribution >= 0.6 is 12.2 Å². The minimum absolute atomic E-state index is 0.0258. The molecule has 0 amide bonds. The highest BCUT2D eigenvalue weighted by Gasteiger charge is 2.07. The fourth-order valence-corrected chi connectivity index (χ4v) is 2.36. The third kappa shape index (κ3) is 1.94. The number of aryl methyl sites for hydroxylation is 2. The summed E-state index contributed by atoms with van der Waals surface area (Å²) >= 11 is 5.05. The van der Waals surface area contributed by atoms with E-state index in [1.165, 1.54) is 0 Å². The van der Waals surface area contributed by atoms with E-state index in [0.717, 1.165) is 16.6 Å². The molecule has 104 valence electrons. The minimum Gasteiger partial charge on any atom is -0.318 e. The molecule has 0 saturated carbocycles. The Morgan fingerprint density at radius 1 is 1.30 bits per heavy atom. The molecule has 0 radical (unpaired) electrons. The Balaban J connectivity index is 1.94. The van der Waals surface area contributed by atoms with Crippen LogP contribution < -0.4 is 11.1 Å². The molecule has 0 fully saturated rings. The lowest BCUT2D eigenvalue weighted by Gasteiger charge is -2.06. The fourth-order valence-electron chi connectivity index (χ4n) is 2.20. The SMILES string of the molecule is Cn1c(=O)n(C)c2cc(CNn3cn[nH]c3=S)ccc21. The van der Waals surface area contributed by atoms with Crippen LogP contribution in [0.4, 0.5) is 0 Å². The molecule has 2 heterocycles. The van der Waals surface area contributed by atoms with Gasteiger partial charge in [-0.25, -0.2) is 9.47 Å². The summed E-state index contributed by atoms with van der Waals surface area (Å²) in [6.07, 6.45) is 1.58. The molecular weight excluding hydrogens is 276 g/mol. The maximum Gasteiger partial charge on any atom is 0.328 e. The van der Waals surface area contributed by atoms with Gasteiger partial charge in [0.1, 0.15) is 6.33 Å². The summed E-state index contributed by atoms with van der Waals surface area (Å²) in [5.41, 5.74) is 6.00. The van der Waals surface area contributed by atoms with Crippen molar-refractivity contribution in [2.45, 2.75) is 6.54 Å². The molecule has 0 unspecified atom stereocenters. The van der Waals surface area contributed by atoms with E-state index in [4.69, 9.17) is 12.2 Å². The van der Waals surface area contributed by atoms with Crippen molar-refractivity contribution in [3.63, 3.8) is 0 Å². The third-order valence-corrected chi connectivity index (χ3v) is 3.63. The van der Waals surface area contributed by atoms with Crippen LogP contribution in [0, 0.1) is 4.77 Å². The summed E-state index contributed by atoms with van der Waals surface area (Å²) in [6.45, 7) is 0.590. The average molecular weight is 290 g/mol. The van der Waals surface area contributed by atoms with Crippen molar-refractivity contribution in [2.24, 2.45) is 14.1 Å². The molecule has 0 aliphatic rings. The summed E-state index contributed by atoms with van der Waals surface area (Å²) in [5, 5.41) is 6.51. The molecule has 0 bridgehead atoms. The molecule has 7 nitrogen and oxygen atoms in total. The van der Waals surface area contributed by atoms with Gasteiger partial charge in [-0.2, -0.15) is 5.10 Å². The Morgan fingerprint density at radius 2 is 2.05 bits per heavy atom. The topological polar surface area (TPSA) is 72.6 Å². The number of nitrogens with zero attached hydrogens (tertiary/aromatic N) is 4. The van der Waals surface area contributed by atoms with Crippen molar-refractivity contribution in [3.05, 3.63) is 45.3 Å². The van der Waals surface area contributed by atoms with E-state index in [2.05, 4.69) is 15.6 Å². The molecule has 1 aromatic carbocycles. The highest BCUT2D eigenvalue weighted by Crippen LogP contribution is 2.14. The van der Waals surface area contributed by atoms with Crippen molar-refractivity contribution < 1.29 is 0 Å². The first kappa shape index (κ1) is 12.7. The van der Waals surface area contributed by atoms with Crippen LogP contribution in [0.25, 0.3) is 11.0 Å². The maximum absolute atomic E-state index is 11.9. The van der Waals surface area contributed by atoms with E-state index < -0.39 is 0 Å². The number of rotatable bonds is 3. The number of hydrogen-bond donors (Lipinski definition) is 2. The number of benzene rings is 1. The van der Waals surface area contributed by atoms with Crippen LogP contribution in [0.2, 0.25) is 0 Å². The maximum atomic E-state index is 11.9. The lowest BCUT2D eigenvalue weighted by Crippen LogP contribution is -2.19. The molecule has 20 heavy (non-hydrogen) atoms. The molecule has 2 N–H and O–H groups in total. The number of fused-ring (bicyclic) bond motifs is 1. The summed E-state index contributed by atoms with van der Waals surface area (Å²) < 4.78 is 5.43. The molecular formula is C12H14N6OS. The zero-order valence-electron chi connectivity index (χ0n) is 11.1. The zero-order chi connectivity index (χ0) is 14.3. The standard InChI is InChI=1S/C12H14N6OS/c1-16-9-4-3-8(5-10(9)17(2)12(16)19)6-14-18-7-13-15-11(18)20/h3-5,7,14H,6H2,1-2H3,(H,15,20). The van der Waals surface area contributed by atoms with Crippen molar-refractivity contribution >= 4 is 23.3 Å². The number of aromatic nitrogens is 5. The number of nitrogens with one attached hydrogen (secondary N) is 2. The van der Waals surface area contributed by atoms with E-state index in [9.17, 15) is 4.79 Å². The van der Waals surface area contributed by atoms with Gasteiger partial charge in [-0.1, -0.05) is 6.07 Å². The van der Waals surface area contributed by atoms with Crippen molar-refractivity contribution in [1.82, 2.24) is 24.0 Å². The molecule has 0 saturated heterocycles. The van der Waals surface area contributed by atoms with Gasteiger partial charge in [0.25, 0.3) is 0 Å². The Bertz CT molecular complexity index is 883. The highest BCUT2D eigenvalue weighted by molar-refractivity contribution is 7.71. The minimum atomic E-state index is -0.0258. The van der Waals surface area contributed by atoms with Crippen molar-refractivity contribution in [2.75, 3.05) is 5.43 Å². The first-order valence-electron chi connectivity index (χ1n) is 6.08. The Hall–Kier alpha value is -2.35. The van der Waals surface area contributed by atoms with Crippen molar-refractivity contribution in [3.8, 4) is 0 Å². The third-order valence-electron chi connectivity index (χ3n) is 3.34. The van der Waals surface area contributed by atoms with Gasteiger partial charge in [0, 0.05) is 14.1 Å².